The fourth-order valence-corrected chi connectivity index (χ4v) is 6.09. The SMILES string of the molecule is CC#CC1(N)C(CO)[C@@H](COP(=O)(O)OP(=O)(O)OP(=O)(O)O)O[C@H]1n1cc(F)c(=O)[nH]c1=O. The number of nitrogens with two attached hydrogens (primary N) is 1. The fourth-order valence-electron chi connectivity index (χ4n) is 3.06. The molecule has 2 heterocycles. The Morgan fingerprint density at radius 3 is 2.38 bits per heavy atom. The highest BCUT2D eigenvalue weighted by atomic mass is 31.3. The zero-order valence-corrected chi connectivity index (χ0v) is 19.6. The van der Waals surface area contributed by atoms with Gasteiger partial charge in [-0.15, -0.1) is 5.92 Å². The van der Waals surface area contributed by atoms with Gasteiger partial charge in [0, 0.05) is 5.92 Å². The summed E-state index contributed by atoms with van der Waals surface area (Å²) >= 11 is 0. The maximum absolute atomic E-state index is 13.8. The Morgan fingerprint density at radius 1 is 1.24 bits per heavy atom. The first-order chi connectivity index (χ1) is 15.4. The fraction of sp³-hybridized carbons (Fsp3) is 0.538. The Labute approximate surface area is 188 Å². The number of aromatic nitrogens is 2. The monoisotopic (exact) mass is 553 g/mol. The predicted molar refractivity (Wildman–Crippen MR) is 106 cm³/mol. The van der Waals surface area contributed by atoms with Crippen molar-refractivity contribution in [1.29, 1.82) is 0 Å². The van der Waals surface area contributed by atoms with Crippen molar-refractivity contribution in [2.75, 3.05) is 13.2 Å². The number of halogens is 1. The van der Waals surface area contributed by atoms with Gasteiger partial charge in [0.1, 0.15) is 5.54 Å². The molecule has 1 aliphatic heterocycles. The molecule has 0 spiro atoms. The number of hydrogen-bond donors (Lipinski definition) is 7. The van der Waals surface area contributed by atoms with Crippen LogP contribution < -0.4 is 17.0 Å². The van der Waals surface area contributed by atoms with E-state index in [0.717, 1.165) is 0 Å². The Bertz CT molecular complexity index is 1250. The van der Waals surface area contributed by atoms with E-state index in [1.54, 1.807) is 4.98 Å². The molecule has 0 amide bonds. The summed E-state index contributed by atoms with van der Waals surface area (Å²) in [6.07, 6.45) is -2.71. The maximum Gasteiger partial charge on any atom is 0.490 e. The highest BCUT2D eigenvalue weighted by molar-refractivity contribution is 7.66. The zero-order valence-electron chi connectivity index (χ0n) is 16.9. The quantitative estimate of drug-likeness (QED) is 0.132. The van der Waals surface area contributed by atoms with Gasteiger partial charge in [0.05, 0.1) is 25.5 Å². The third kappa shape index (κ3) is 6.78. The van der Waals surface area contributed by atoms with Crippen molar-refractivity contribution in [3.05, 3.63) is 32.9 Å². The van der Waals surface area contributed by atoms with Gasteiger partial charge < -0.3 is 35.2 Å². The van der Waals surface area contributed by atoms with Gasteiger partial charge in [-0.25, -0.2) is 18.5 Å². The molecule has 4 unspecified atom stereocenters. The zero-order chi connectivity index (χ0) is 26.1. The standard InChI is InChI=1S/C13H19FN3O14P3/c1-2-3-13(15)7(5-18)9(29-11(13)17-4-8(14)10(19)16-12(17)20)6-28-33(24,25)31-34(26,27)30-32(21,22)23/h4,7,9,11,18H,5-6,15H2,1H3,(H,24,25)(H,26,27)(H,16,19,20)(H2,21,22,23)/t7?,9-,11-,13?/m1/s1. The van der Waals surface area contributed by atoms with E-state index in [9.17, 15) is 42.6 Å². The first-order valence-electron chi connectivity index (χ1n) is 8.73. The van der Waals surface area contributed by atoms with Gasteiger partial charge >= 0.3 is 29.2 Å². The molecule has 1 aromatic rings. The Kier molecular flexibility index (Phi) is 8.62. The second-order valence-electron chi connectivity index (χ2n) is 6.65. The van der Waals surface area contributed by atoms with Crippen LogP contribution in [0.1, 0.15) is 13.2 Å². The molecule has 0 aromatic carbocycles. The third-order valence-electron chi connectivity index (χ3n) is 4.31. The van der Waals surface area contributed by atoms with Crippen molar-refractivity contribution >= 4 is 23.5 Å². The van der Waals surface area contributed by atoms with Crippen molar-refractivity contribution in [1.82, 2.24) is 9.55 Å². The minimum Gasteiger partial charge on any atom is -0.396 e. The molecule has 0 bridgehead atoms. The summed E-state index contributed by atoms with van der Waals surface area (Å²) in [5.41, 5.74) is 1.75. The van der Waals surface area contributed by atoms with Crippen LogP contribution in [0.5, 0.6) is 0 Å². The highest BCUT2D eigenvalue weighted by Gasteiger charge is 2.55. The average Bonchev–Trinajstić information content (AvgIpc) is 2.91. The van der Waals surface area contributed by atoms with E-state index in [0.29, 0.717) is 10.8 Å². The summed E-state index contributed by atoms with van der Waals surface area (Å²) in [7, 11) is -17.0. The summed E-state index contributed by atoms with van der Waals surface area (Å²) in [6.45, 7) is -0.529. The molecule has 1 aliphatic rings. The maximum atomic E-state index is 13.8. The third-order valence-corrected chi connectivity index (χ3v) is 8.11. The first-order valence-corrected chi connectivity index (χ1v) is 13.2. The van der Waals surface area contributed by atoms with Crippen LogP contribution in [0.15, 0.2) is 15.8 Å². The summed E-state index contributed by atoms with van der Waals surface area (Å²) in [5.74, 6) is 2.22. The molecular weight excluding hydrogens is 534 g/mol. The summed E-state index contributed by atoms with van der Waals surface area (Å²) in [4.78, 5) is 61.1. The predicted octanol–water partition coefficient (Wildman–Crippen LogP) is -1.75. The molecule has 0 saturated carbocycles. The van der Waals surface area contributed by atoms with Crippen molar-refractivity contribution in [2.45, 2.75) is 24.8 Å². The molecule has 0 radical (unpaired) electrons. The van der Waals surface area contributed by atoms with Crippen LogP contribution in [0.2, 0.25) is 0 Å². The van der Waals surface area contributed by atoms with Crippen LogP contribution >= 0.6 is 23.5 Å². The van der Waals surface area contributed by atoms with Gasteiger partial charge in [0.15, 0.2) is 6.23 Å². The number of ether oxygens (including phenoxy) is 1. The van der Waals surface area contributed by atoms with Crippen LogP contribution in [0.4, 0.5) is 4.39 Å². The van der Waals surface area contributed by atoms with E-state index in [1.165, 1.54) is 6.92 Å². The lowest BCUT2D eigenvalue weighted by molar-refractivity contribution is -0.0407. The molecule has 6 atom stereocenters. The highest BCUT2D eigenvalue weighted by Crippen LogP contribution is 2.66. The van der Waals surface area contributed by atoms with Crippen molar-refractivity contribution in [3.8, 4) is 11.8 Å². The number of aliphatic hydroxyl groups excluding tert-OH is 1. The second-order valence-corrected chi connectivity index (χ2v) is 11.1. The van der Waals surface area contributed by atoms with E-state index >= 15 is 0 Å². The minimum atomic E-state index is -5.79. The lowest BCUT2D eigenvalue weighted by Crippen LogP contribution is -2.53. The van der Waals surface area contributed by atoms with E-state index < -0.39 is 77.5 Å². The number of phosphoric acid groups is 3. The number of nitrogens with one attached hydrogen (secondary N) is 1. The van der Waals surface area contributed by atoms with E-state index in [2.05, 4.69) is 25.0 Å². The Hall–Kier alpha value is -1.54. The van der Waals surface area contributed by atoms with Crippen LogP contribution in [-0.2, 0) is 31.6 Å². The number of rotatable bonds is 9. The van der Waals surface area contributed by atoms with E-state index in [4.69, 9.17) is 20.3 Å². The molecule has 192 valence electrons. The molecule has 0 aliphatic carbocycles. The molecule has 34 heavy (non-hydrogen) atoms. The smallest absolute Gasteiger partial charge is 0.396 e. The lowest BCUT2D eigenvalue weighted by atomic mass is 9.83. The molecule has 21 heteroatoms. The molecular formula is C13H19FN3O14P3. The summed E-state index contributed by atoms with van der Waals surface area (Å²) < 4.78 is 65.5. The Morgan fingerprint density at radius 2 is 1.85 bits per heavy atom. The van der Waals surface area contributed by atoms with E-state index in [-0.39, 0.29) is 0 Å². The number of aromatic amines is 1. The normalized spacial score (nSPS) is 28.5. The average molecular weight is 553 g/mol. The number of aliphatic hydroxyl groups is 1. The van der Waals surface area contributed by atoms with Crippen LogP contribution in [0.25, 0.3) is 0 Å². The number of phosphoric ester groups is 1. The second kappa shape index (κ2) is 10.2. The summed E-state index contributed by atoms with van der Waals surface area (Å²) in [5, 5.41) is 9.82. The molecule has 17 nitrogen and oxygen atoms in total. The molecule has 1 fully saturated rings. The lowest BCUT2D eigenvalue weighted by Gasteiger charge is -2.29. The number of hydrogen-bond acceptors (Lipinski definition) is 11. The van der Waals surface area contributed by atoms with E-state index in [1.807, 2.05) is 0 Å². The number of nitrogens with zero attached hydrogens (tertiary/aromatic N) is 1. The van der Waals surface area contributed by atoms with Gasteiger partial charge in [0.25, 0.3) is 5.56 Å². The van der Waals surface area contributed by atoms with Crippen LogP contribution in [0, 0.1) is 23.6 Å². The summed E-state index contributed by atoms with van der Waals surface area (Å²) in [6, 6.07) is 0. The largest absolute Gasteiger partial charge is 0.490 e. The van der Waals surface area contributed by atoms with Gasteiger partial charge in [-0.1, -0.05) is 5.92 Å². The van der Waals surface area contributed by atoms with Crippen LogP contribution in [0.3, 0.4) is 0 Å². The Balaban J connectivity index is 2.34. The molecule has 1 saturated heterocycles. The first kappa shape index (κ1) is 28.7. The molecule has 8 N–H and O–H groups in total. The van der Waals surface area contributed by atoms with Crippen molar-refractivity contribution in [3.63, 3.8) is 0 Å². The topological polar surface area (TPSA) is 270 Å². The minimum absolute atomic E-state index is 0.462. The van der Waals surface area contributed by atoms with Crippen LogP contribution in [-0.4, -0.2) is 59.1 Å². The van der Waals surface area contributed by atoms with Gasteiger partial charge in [0.2, 0.25) is 5.82 Å². The van der Waals surface area contributed by atoms with Crippen molar-refractivity contribution < 1.29 is 60.6 Å². The van der Waals surface area contributed by atoms with Gasteiger partial charge in [-0.2, -0.15) is 13.0 Å². The van der Waals surface area contributed by atoms with Crippen molar-refractivity contribution in [2.24, 2.45) is 11.7 Å². The van der Waals surface area contributed by atoms with Gasteiger partial charge in [-0.3, -0.25) is 18.9 Å². The molecule has 2 rings (SSSR count). The van der Waals surface area contributed by atoms with Gasteiger partial charge in [-0.05, 0) is 6.92 Å². The number of H-pyrrole nitrogens is 1. The molecule has 1 aromatic heterocycles.